The van der Waals surface area contributed by atoms with Gasteiger partial charge in [0.2, 0.25) is 5.91 Å². The largest absolute Gasteiger partial charge is 0.394 e. The van der Waals surface area contributed by atoms with Gasteiger partial charge >= 0.3 is 0 Å². The molecule has 0 radical (unpaired) electrons. The van der Waals surface area contributed by atoms with Gasteiger partial charge in [0.1, 0.15) is 0 Å². The first-order chi connectivity index (χ1) is 9.34. The number of ether oxygens (including phenoxy) is 1. The number of amides is 1. The maximum atomic E-state index is 11.9. The zero-order chi connectivity index (χ0) is 15.2. The molecule has 1 aromatic rings. The van der Waals surface area contributed by atoms with Gasteiger partial charge in [0.15, 0.2) is 0 Å². The molecule has 20 heavy (non-hydrogen) atoms. The quantitative estimate of drug-likeness (QED) is 0.839. The number of rotatable bonds is 6. The minimum Gasteiger partial charge on any atom is -0.394 e. The lowest BCUT2D eigenvalue weighted by Crippen LogP contribution is -2.37. The number of aryl methyl sites for hydroxylation is 1. The van der Waals surface area contributed by atoms with Crippen LogP contribution in [0.3, 0.4) is 0 Å². The van der Waals surface area contributed by atoms with Crippen molar-refractivity contribution in [1.82, 2.24) is 5.32 Å². The molecule has 1 amide bonds. The summed E-state index contributed by atoms with van der Waals surface area (Å²) in [6.45, 7) is 8.26. The number of carbonyl (C=O) groups excluding carboxylic acids is 1. The number of carbonyl (C=O) groups is 1. The summed E-state index contributed by atoms with van der Waals surface area (Å²) < 4.78 is 5.62. The summed E-state index contributed by atoms with van der Waals surface area (Å²) >= 11 is 0. The molecule has 1 rings (SSSR count). The number of hydrogen-bond donors (Lipinski definition) is 2. The van der Waals surface area contributed by atoms with Gasteiger partial charge in [-0.05, 0) is 12.5 Å². The summed E-state index contributed by atoms with van der Waals surface area (Å²) in [5.74, 6) is -0.0118. The maximum absolute atomic E-state index is 11.9. The normalized spacial score (nSPS) is 13.1. The molecule has 1 atom stereocenters. The van der Waals surface area contributed by atoms with Crippen LogP contribution in [0.4, 0.5) is 0 Å². The van der Waals surface area contributed by atoms with Gasteiger partial charge in [-0.15, -0.1) is 0 Å². The van der Waals surface area contributed by atoms with Crippen LogP contribution in [0.2, 0.25) is 0 Å². The monoisotopic (exact) mass is 279 g/mol. The Morgan fingerprint density at radius 2 is 1.90 bits per heavy atom. The van der Waals surface area contributed by atoms with Crippen molar-refractivity contribution in [2.75, 3.05) is 19.8 Å². The first-order valence-electron chi connectivity index (χ1n) is 6.92. The lowest BCUT2D eigenvalue weighted by molar-refractivity contribution is -0.129. The molecule has 0 bridgehead atoms. The van der Waals surface area contributed by atoms with Gasteiger partial charge < -0.3 is 15.2 Å². The van der Waals surface area contributed by atoms with Gasteiger partial charge in [-0.3, -0.25) is 4.79 Å². The molecule has 0 unspecified atom stereocenters. The van der Waals surface area contributed by atoms with Gasteiger partial charge in [-0.25, -0.2) is 0 Å². The molecular formula is C16H25NO3. The third-order valence-corrected chi connectivity index (χ3v) is 2.99. The first kappa shape index (κ1) is 16.7. The Hall–Kier alpha value is -1.39. The van der Waals surface area contributed by atoms with Gasteiger partial charge in [0, 0.05) is 12.0 Å². The second kappa shape index (κ2) is 7.41. The average Bonchev–Trinajstić information content (AvgIpc) is 2.39. The standard InChI is InChI=1S/C16H25NO3/c1-12-5-7-13(8-6-12)14(20-10-9-18)11-17-15(19)16(2,3)4/h5-8,14,18H,9-11H2,1-4H3,(H,17,19)/t14-/m0/s1. The van der Waals surface area contributed by atoms with Crippen LogP contribution in [0.1, 0.15) is 38.0 Å². The van der Waals surface area contributed by atoms with Crippen LogP contribution >= 0.6 is 0 Å². The summed E-state index contributed by atoms with van der Waals surface area (Å²) in [6, 6.07) is 7.99. The first-order valence-corrected chi connectivity index (χ1v) is 6.92. The summed E-state index contributed by atoms with van der Waals surface area (Å²) in [5.41, 5.74) is 1.75. The van der Waals surface area contributed by atoms with Crippen LogP contribution in [0, 0.1) is 12.3 Å². The van der Waals surface area contributed by atoms with E-state index in [1.807, 2.05) is 52.0 Å². The van der Waals surface area contributed by atoms with Crippen molar-refractivity contribution in [1.29, 1.82) is 0 Å². The van der Waals surface area contributed by atoms with E-state index in [2.05, 4.69) is 5.32 Å². The smallest absolute Gasteiger partial charge is 0.225 e. The van der Waals surface area contributed by atoms with Crippen molar-refractivity contribution in [3.8, 4) is 0 Å². The lowest BCUT2D eigenvalue weighted by Gasteiger charge is -2.22. The maximum Gasteiger partial charge on any atom is 0.225 e. The highest BCUT2D eigenvalue weighted by Crippen LogP contribution is 2.19. The predicted molar refractivity (Wildman–Crippen MR) is 79.4 cm³/mol. The molecule has 0 aromatic heterocycles. The van der Waals surface area contributed by atoms with E-state index in [-0.39, 0.29) is 25.2 Å². The third kappa shape index (κ3) is 5.31. The van der Waals surface area contributed by atoms with E-state index < -0.39 is 5.41 Å². The SMILES string of the molecule is Cc1ccc([C@H](CNC(=O)C(C)(C)C)OCCO)cc1. The van der Waals surface area contributed by atoms with E-state index in [1.165, 1.54) is 5.56 Å². The molecule has 0 spiro atoms. The van der Waals surface area contributed by atoms with Crippen molar-refractivity contribution in [3.05, 3.63) is 35.4 Å². The van der Waals surface area contributed by atoms with E-state index in [9.17, 15) is 4.79 Å². The lowest BCUT2D eigenvalue weighted by atomic mass is 9.95. The molecule has 4 heteroatoms. The summed E-state index contributed by atoms with van der Waals surface area (Å²) in [4.78, 5) is 11.9. The summed E-state index contributed by atoms with van der Waals surface area (Å²) in [6.07, 6.45) is -0.242. The van der Waals surface area contributed by atoms with E-state index in [1.54, 1.807) is 0 Å². The van der Waals surface area contributed by atoms with Gasteiger partial charge in [-0.2, -0.15) is 0 Å². The Kier molecular flexibility index (Phi) is 6.17. The van der Waals surface area contributed by atoms with Gasteiger partial charge in [0.05, 0.1) is 19.3 Å². The molecule has 112 valence electrons. The second-order valence-electron chi connectivity index (χ2n) is 5.95. The van der Waals surface area contributed by atoms with Crippen molar-refractivity contribution in [2.24, 2.45) is 5.41 Å². The fraction of sp³-hybridized carbons (Fsp3) is 0.562. The Bertz CT molecular complexity index is 420. The predicted octanol–water partition coefficient (Wildman–Crippen LogP) is 2.21. The van der Waals surface area contributed by atoms with Crippen LogP contribution in [-0.2, 0) is 9.53 Å². The topological polar surface area (TPSA) is 58.6 Å². The van der Waals surface area contributed by atoms with Crippen molar-refractivity contribution in [2.45, 2.75) is 33.8 Å². The van der Waals surface area contributed by atoms with Gasteiger partial charge in [0.25, 0.3) is 0 Å². The van der Waals surface area contributed by atoms with Crippen molar-refractivity contribution < 1.29 is 14.6 Å². The molecule has 0 aliphatic carbocycles. The fourth-order valence-corrected chi connectivity index (χ4v) is 1.70. The van der Waals surface area contributed by atoms with E-state index >= 15 is 0 Å². The molecule has 0 saturated heterocycles. The number of benzene rings is 1. The molecular weight excluding hydrogens is 254 g/mol. The van der Waals surface area contributed by atoms with Crippen LogP contribution < -0.4 is 5.32 Å². The zero-order valence-electron chi connectivity index (χ0n) is 12.8. The molecule has 1 aromatic carbocycles. The van der Waals surface area contributed by atoms with Crippen LogP contribution in [0.15, 0.2) is 24.3 Å². The number of aliphatic hydroxyl groups is 1. The van der Waals surface area contributed by atoms with Crippen molar-refractivity contribution >= 4 is 5.91 Å². The molecule has 0 aliphatic heterocycles. The van der Waals surface area contributed by atoms with E-state index in [0.717, 1.165) is 5.56 Å². The molecule has 0 aliphatic rings. The van der Waals surface area contributed by atoms with Gasteiger partial charge in [-0.1, -0.05) is 50.6 Å². The minimum atomic E-state index is -0.422. The Morgan fingerprint density at radius 1 is 1.30 bits per heavy atom. The Morgan fingerprint density at radius 3 is 2.40 bits per heavy atom. The Labute approximate surface area is 121 Å². The minimum absolute atomic E-state index is 0.0118. The van der Waals surface area contributed by atoms with E-state index in [4.69, 9.17) is 9.84 Å². The highest BCUT2D eigenvalue weighted by atomic mass is 16.5. The third-order valence-electron chi connectivity index (χ3n) is 2.99. The highest BCUT2D eigenvalue weighted by Gasteiger charge is 2.22. The fourth-order valence-electron chi connectivity index (χ4n) is 1.70. The van der Waals surface area contributed by atoms with E-state index in [0.29, 0.717) is 6.54 Å². The van der Waals surface area contributed by atoms with Crippen LogP contribution in [0.25, 0.3) is 0 Å². The molecule has 0 saturated carbocycles. The summed E-state index contributed by atoms with van der Waals surface area (Å²) in [5, 5.41) is 11.8. The molecule has 2 N–H and O–H groups in total. The van der Waals surface area contributed by atoms with Crippen molar-refractivity contribution in [3.63, 3.8) is 0 Å². The van der Waals surface area contributed by atoms with Crippen LogP contribution in [0.5, 0.6) is 0 Å². The molecule has 0 heterocycles. The zero-order valence-corrected chi connectivity index (χ0v) is 12.8. The molecule has 4 nitrogen and oxygen atoms in total. The van der Waals surface area contributed by atoms with Crippen LogP contribution in [-0.4, -0.2) is 30.8 Å². The second-order valence-corrected chi connectivity index (χ2v) is 5.95. The summed E-state index contributed by atoms with van der Waals surface area (Å²) in [7, 11) is 0. The number of hydrogen-bond acceptors (Lipinski definition) is 3. The highest BCUT2D eigenvalue weighted by molar-refractivity contribution is 5.81. The molecule has 0 fully saturated rings. The number of aliphatic hydroxyl groups excluding tert-OH is 1. The number of nitrogens with one attached hydrogen (secondary N) is 1. The average molecular weight is 279 g/mol. The Balaban J connectivity index is 2.70.